The summed E-state index contributed by atoms with van der Waals surface area (Å²) in [5, 5.41) is 0. The van der Waals surface area contributed by atoms with Gasteiger partial charge < -0.3 is 18.9 Å². The van der Waals surface area contributed by atoms with E-state index in [1.807, 2.05) is 18.2 Å². The van der Waals surface area contributed by atoms with Crippen molar-refractivity contribution in [2.24, 2.45) is 13.0 Å². The number of likely N-dealkylation sites (tertiary alicyclic amines) is 1. The lowest BCUT2D eigenvalue weighted by atomic mass is 9.92. The number of carbonyl (C=O) groups excluding carboxylic acids is 1. The van der Waals surface area contributed by atoms with E-state index in [2.05, 4.69) is 0 Å². The maximum absolute atomic E-state index is 12.2. The first-order chi connectivity index (χ1) is 11.5. The van der Waals surface area contributed by atoms with E-state index >= 15 is 0 Å². The lowest BCUT2D eigenvalue weighted by molar-refractivity contribution is 0.0448. The number of methoxy groups -OCH3 is 2. The molecule has 7 heteroatoms. The number of carbonyl (C=O) groups is 1. The van der Waals surface area contributed by atoms with Crippen LogP contribution in [0.5, 0.6) is 11.5 Å². The average molecular weight is 332 g/mol. The van der Waals surface area contributed by atoms with E-state index < -0.39 is 0 Å². The Hall–Kier alpha value is -2.70. The average Bonchev–Trinajstić information content (AvgIpc) is 2.89. The Morgan fingerprint density at radius 3 is 2.50 bits per heavy atom. The molecule has 0 bridgehead atoms. The van der Waals surface area contributed by atoms with Crippen LogP contribution in [0.25, 0.3) is 0 Å². The zero-order chi connectivity index (χ0) is 17.3. The van der Waals surface area contributed by atoms with E-state index in [9.17, 15) is 9.59 Å². The van der Waals surface area contributed by atoms with E-state index in [0.29, 0.717) is 30.5 Å². The summed E-state index contributed by atoms with van der Waals surface area (Å²) in [6, 6.07) is 7.07. The first-order valence-electron chi connectivity index (χ1n) is 7.69. The molecule has 1 aromatic heterocycles. The third-order valence-corrected chi connectivity index (χ3v) is 4.23. The van der Waals surface area contributed by atoms with Gasteiger partial charge in [0.1, 0.15) is 0 Å². The predicted molar refractivity (Wildman–Crippen MR) is 86.6 cm³/mol. The molecule has 0 aliphatic carbocycles. The first kappa shape index (κ1) is 16.2. The number of hydrogen-bond donors (Lipinski definition) is 0. The predicted octanol–water partition coefficient (Wildman–Crippen LogP) is 1.31. The van der Waals surface area contributed by atoms with E-state index in [1.165, 1.54) is 13.1 Å². The SMILES string of the molecule is COc1ccc(CC2CN(C(=O)c3cc(=O)n(C)o3)C2)cc1OC. The number of ether oxygens (including phenoxy) is 2. The van der Waals surface area contributed by atoms with Crippen LogP contribution in [0.4, 0.5) is 0 Å². The van der Waals surface area contributed by atoms with Crippen molar-refractivity contribution < 1.29 is 18.8 Å². The second kappa shape index (κ2) is 6.43. The number of rotatable bonds is 5. The molecule has 1 fully saturated rings. The van der Waals surface area contributed by atoms with Gasteiger partial charge in [-0.1, -0.05) is 6.07 Å². The quantitative estimate of drug-likeness (QED) is 0.825. The number of benzene rings is 1. The number of nitrogens with zero attached hydrogens (tertiary/aromatic N) is 2. The Kier molecular flexibility index (Phi) is 4.33. The molecular formula is C17H20N2O5. The normalized spacial score (nSPS) is 14.4. The fraction of sp³-hybridized carbons (Fsp3) is 0.412. The summed E-state index contributed by atoms with van der Waals surface area (Å²) in [5.74, 6) is 1.63. The standard InChI is InChI=1S/C17H20N2O5/c1-18-16(20)8-15(24-18)17(21)19-9-12(10-19)6-11-4-5-13(22-2)14(7-11)23-3/h4-5,7-8,12H,6,9-10H2,1-3H3. The summed E-state index contributed by atoms with van der Waals surface area (Å²) in [4.78, 5) is 25.3. The lowest BCUT2D eigenvalue weighted by Crippen LogP contribution is -2.50. The van der Waals surface area contributed by atoms with Gasteiger partial charge in [0.2, 0.25) is 5.76 Å². The van der Waals surface area contributed by atoms with E-state index in [1.54, 1.807) is 19.1 Å². The fourth-order valence-electron chi connectivity index (χ4n) is 2.88. The Morgan fingerprint density at radius 1 is 1.21 bits per heavy atom. The lowest BCUT2D eigenvalue weighted by Gasteiger charge is -2.38. The molecule has 1 aliphatic rings. The monoisotopic (exact) mass is 332 g/mol. The summed E-state index contributed by atoms with van der Waals surface area (Å²) >= 11 is 0. The summed E-state index contributed by atoms with van der Waals surface area (Å²) in [7, 11) is 4.70. The van der Waals surface area contributed by atoms with Gasteiger partial charge in [-0.05, 0) is 30.0 Å². The van der Waals surface area contributed by atoms with Crippen molar-refractivity contribution in [3.8, 4) is 11.5 Å². The Morgan fingerprint density at radius 2 is 1.92 bits per heavy atom. The molecule has 0 spiro atoms. The first-order valence-corrected chi connectivity index (χ1v) is 7.69. The van der Waals surface area contributed by atoms with Crippen LogP contribution in [-0.2, 0) is 13.5 Å². The van der Waals surface area contributed by atoms with Crippen LogP contribution in [0.2, 0.25) is 0 Å². The molecule has 128 valence electrons. The fourth-order valence-corrected chi connectivity index (χ4v) is 2.88. The molecule has 0 saturated carbocycles. The zero-order valence-electron chi connectivity index (χ0n) is 13.9. The summed E-state index contributed by atoms with van der Waals surface area (Å²) in [6.07, 6.45) is 0.850. The van der Waals surface area contributed by atoms with E-state index in [-0.39, 0.29) is 17.2 Å². The van der Waals surface area contributed by atoms with Crippen molar-refractivity contribution in [2.75, 3.05) is 27.3 Å². The van der Waals surface area contributed by atoms with Gasteiger partial charge in [0.05, 0.1) is 20.3 Å². The minimum absolute atomic E-state index is 0.0899. The molecule has 24 heavy (non-hydrogen) atoms. The third kappa shape index (κ3) is 3.02. The highest BCUT2D eigenvalue weighted by molar-refractivity contribution is 5.91. The van der Waals surface area contributed by atoms with Crippen molar-refractivity contribution >= 4 is 5.91 Å². The van der Waals surface area contributed by atoms with Crippen LogP contribution in [0, 0.1) is 5.92 Å². The smallest absolute Gasteiger partial charge is 0.292 e. The molecule has 1 aliphatic heterocycles. The second-order valence-electron chi connectivity index (χ2n) is 5.91. The van der Waals surface area contributed by atoms with Crippen LogP contribution >= 0.6 is 0 Å². The molecule has 2 aromatic rings. The van der Waals surface area contributed by atoms with Crippen LogP contribution in [-0.4, -0.2) is 42.9 Å². The van der Waals surface area contributed by atoms with Gasteiger partial charge >= 0.3 is 0 Å². The minimum Gasteiger partial charge on any atom is -0.493 e. The van der Waals surface area contributed by atoms with Crippen molar-refractivity contribution in [3.05, 3.63) is 45.9 Å². The summed E-state index contributed by atoms with van der Waals surface area (Å²) < 4.78 is 16.7. The molecule has 1 saturated heterocycles. The van der Waals surface area contributed by atoms with Crippen LogP contribution < -0.4 is 15.0 Å². The zero-order valence-corrected chi connectivity index (χ0v) is 13.9. The van der Waals surface area contributed by atoms with Crippen molar-refractivity contribution in [1.29, 1.82) is 0 Å². The number of aryl methyl sites for hydroxylation is 1. The molecule has 0 N–H and O–H groups in total. The van der Waals surface area contributed by atoms with E-state index in [0.717, 1.165) is 16.7 Å². The molecule has 1 aromatic carbocycles. The van der Waals surface area contributed by atoms with Crippen molar-refractivity contribution in [2.45, 2.75) is 6.42 Å². The van der Waals surface area contributed by atoms with Gasteiger partial charge in [0, 0.05) is 20.1 Å². The second-order valence-corrected chi connectivity index (χ2v) is 5.91. The highest BCUT2D eigenvalue weighted by Gasteiger charge is 2.33. The largest absolute Gasteiger partial charge is 0.493 e. The topological polar surface area (TPSA) is 73.9 Å². The van der Waals surface area contributed by atoms with Gasteiger partial charge in [0.25, 0.3) is 11.5 Å². The molecule has 0 atom stereocenters. The Labute approximate surface area is 139 Å². The van der Waals surface area contributed by atoms with Crippen molar-refractivity contribution in [3.63, 3.8) is 0 Å². The van der Waals surface area contributed by atoms with Gasteiger partial charge in [-0.2, -0.15) is 4.74 Å². The Bertz CT molecular complexity index is 802. The molecule has 7 nitrogen and oxygen atoms in total. The van der Waals surface area contributed by atoms with Gasteiger partial charge in [0.15, 0.2) is 11.5 Å². The van der Waals surface area contributed by atoms with Crippen LogP contribution in [0.15, 0.2) is 33.6 Å². The molecule has 2 heterocycles. The van der Waals surface area contributed by atoms with Gasteiger partial charge in [-0.15, -0.1) is 0 Å². The Balaban J connectivity index is 1.59. The third-order valence-electron chi connectivity index (χ3n) is 4.23. The highest BCUT2D eigenvalue weighted by Crippen LogP contribution is 2.30. The van der Waals surface area contributed by atoms with Crippen LogP contribution in [0.3, 0.4) is 0 Å². The van der Waals surface area contributed by atoms with Gasteiger partial charge in [-0.25, -0.2) is 0 Å². The molecular weight excluding hydrogens is 312 g/mol. The minimum atomic E-state index is -0.319. The maximum atomic E-state index is 12.2. The molecule has 0 unspecified atom stereocenters. The molecule has 1 amide bonds. The summed E-state index contributed by atoms with van der Waals surface area (Å²) in [5.41, 5.74) is 0.816. The number of amides is 1. The maximum Gasteiger partial charge on any atom is 0.292 e. The van der Waals surface area contributed by atoms with Gasteiger partial charge in [-0.3, -0.25) is 9.59 Å². The number of hydrogen-bond acceptors (Lipinski definition) is 5. The highest BCUT2D eigenvalue weighted by atomic mass is 16.5. The van der Waals surface area contributed by atoms with Crippen molar-refractivity contribution in [1.82, 2.24) is 9.64 Å². The molecule has 0 radical (unpaired) electrons. The number of aromatic nitrogens is 1. The molecule has 3 rings (SSSR count). The van der Waals surface area contributed by atoms with Crippen LogP contribution in [0.1, 0.15) is 16.1 Å². The van der Waals surface area contributed by atoms with E-state index in [4.69, 9.17) is 14.0 Å². The summed E-state index contributed by atoms with van der Waals surface area (Å²) in [6.45, 7) is 1.29.